The van der Waals surface area contributed by atoms with Gasteiger partial charge in [-0.25, -0.2) is 4.79 Å². The van der Waals surface area contributed by atoms with Crippen LogP contribution in [0.1, 0.15) is 59.1 Å². The number of carbonyl (C=O) groups is 2. The van der Waals surface area contributed by atoms with Crippen LogP contribution in [-0.2, 0) is 26.8 Å². The van der Waals surface area contributed by atoms with E-state index >= 15 is 0 Å². The van der Waals surface area contributed by atoms with Gasteiger partial charge in [0.1, 0.15) is 5.60 Å². The van der Waals surface area contributed by atoms with Crippen LogP contribution in [0.25, 0.3) is 0 Å². The Morgan fingerprint density at radius 1 is 0.895 bits per heavy atom. The van der Waals surface area contributed by atoms with Crippen LogP contribution in [0.4, 0.5) is 4.79 Å². The standard InChI is InChI=1S/C31H47NO5Si/c1-30(2,3)36-29(35)32(20-19-24-15-11-9-12-16-24)23-27(37-38(7,8)31(4,5)6)22-26(28(33)34)21-25-17-13-10-14-18-25/h9-18,26-27H,19-23H2,1-8H3,(H,33,34). The number of carboxylic acids is 1. The minimum atomic E-state index is -2.27. The molecule has 2 aromatic rings. The highest BCUT2D eigenvalue weighted by Gasteiger charge is 2.41. The van der Waals surface area contributed by atoms with E-state index < -0.39 is 38.0 Å². The van der Waals surface area contributed by atoms with Crippen LogP contribution < -0.4 is 0 Å². The van der Waals surface area contributed by atoms with E-state index in [1.54, 1.807) is 4.90 Å². The Balaban J connectivity index is 2.35. The van der Waals surface area contributed by atoms with Crippen molar-refractivity contribution in [1.29, 1.82) is 0 Å². The largest absolute Gasteiger partial charge is 0.481 e. The number of hydrogen-bond donors (Lipinski definition) is 1. The van der Waals surface area contributed by atoms with E-state index in [0.717, 1.165) is 11.1 Å². The Kier molecular flexibility index (Phi) is 11.2. The van der Waals surface area contributed by atoms with E-state index in [0.29, 0.717) is 25.8 Å². The Morgan fingerprint density at radius 3 is 1.89 bits per heavy atom. The van der Waals surface area contributed by atoms with E-state index in [1.165, 1.54) is 0 Å². The number of amides is 1. The molecule has 0 aliphatic heterocycles. The Labute approximate surface area is 230 Å². The Hall–Kier alpha value is -2.64. The summed E-state index contributed by atoms with van der Waals surface area (Å²) in [5, 5.41) is 10.1. The average Bonchev–Trinajstić information content (AvgIpc) is 2.80. The average molecular weight is 542 g/mol. The first-order valence-electron chi connectivity index (χ1n) is 13.5. The van der Waals surface area contributed by atoms with Crippen molar-refractivity contribution < 1.29 is 23.9 Å². The molecule has 210 valence electrons. The van der Waals surface area contributed by atoms with Crippen molar-refractivity contribution in [3.05, 3.63) is 71.8 Å². The smallest absolute Gasteiger partial charge is 0.410 e. The molecule has 0 aliphatic carbocycles. The summed E-state index contributed by atoms with van der Waals surface area (Å²) < 4.78 is 12.6. The van der Waals surface area contributed by atoms with Gasteiger partial charge in [-0.1, -0.05) is 81.4 Å². The molecule has 2 unspecified atom stereocenters. The third-order valence-electron chi connectivity index (χ3n) is 7.08. The lowest BCUT2D eigenvalue weighted by Crippen LogP contribution is -2.50. The summed E-state index contributed by atoms with van der Waals surface area (Å²) in [6, 6.07) is 19.7. The molecule has 0 aliphatic rings. The SMILES string of the molecule is CC(C)(C)OC(=O)N(CCc1ccccc1)CC(CC(Cc1ccccc1)C(=O)O)O[Si](C)(C)C(C)(C)C. The van der Waals surface area contributed by atoms with Gasteiger partial charge in [0, 0.05) is 13.1 Å². The molecule has 0 radical (unpaired) electrons. The highest BCUT2D eigenvalue weighted by Crippen LogP contribution is 2.38. The number of carboxylic acid groups (broad SMARTS) is 1. The molecule has 2 aromatic carbocycles. The van der Waals surface area contributed by atoms with Gasteiger partial charge in [-0.05, 0) is 69.3 Å². The first kappa shape index (κ1) is 31.6. The molecule has 1 amide bonds. The van der Waals surface area contributed by atoms with E-state index in [4.69, 9.17) is 9.16 Å². The van der Waals surface area contributed by atoms with Crippen molar-refractivity contribution in [2.24, 2.45) is 5.92 Å². The summed E-state index contributed by atoms with van der Waals surface area (Å²) in [4.78, 5) is 27.4. The number of hydrogen-bond acceptors (Lipinski definition) is 4. The molecule has 0 bridgehead atoms. The first-order chi connectivity index (χ1) is 17.6. The topological polar surface area (TPSA) is 76.1 Å². The fourth-order valence-corrected chi connectivity index (χ4v) is 5.34. The van der Waals surface area contributed by atoms with Gasteiger partial charge in [0.25, 0.3) is 0 Å². The summed E-state index contributed by atoms with van der Waals surface area (Å²) in [5.41, 5.74) is 1.45. The molecule has 0 heterocycles. The lowest BCUT2D eigenvalue weighted by Gasteiger charge is -2.41. The zero-order valence-electron chi connectivity index (χ0n) is 24.5. The Bertz CT molecular complexity index is 1010. The fraction of sp³-hybridized carbons (Fsp3) is 0.548. The molecule has 0 spiro atoms. The summed E-state index contributed by atoms with van der Waals surface area (Å²) in [6.07, 6.45) is 0.529. The number of aliphatic carboxylic acids is 1. The monoisotopic (exact) mass is 541 g/mol. The maximum atomic E-state index is 13.3. The molecule has 38 heavy (non-hydrogen) atoms. The molecule has 0 saturated carbocycles. The number of benzene rings is 2. The number of ether oxygens (including phenoxy) is 1. The molecule has 1 N–H and O–H groups in total. The van der Waals surface area contributed by atoms with Crippen LogP contribution in [0.3, 0.4) is 0 Å². The van der Waals surface area contributed by atoms with Crippen LogP contribution in [0, 0.1) is 5.92 Å². The van der Waals surface area contributed by atoms with E-state index in [9.17, 15) is 14.7 Å². The molecule has 0 fully saturated rings. The zero-order valence-corrected chi connectivity index (χ0v) is 25.5. The molecule has 0 saturated heterocycles. The third-order valence-corrected chi connectivity index (χ3v) is 11.6. The predicted molar refractivity (Wildman–Crippen MR) is 156 cm³/mol. The summed E-state index contributed by atoms with van der Waals surface area (Å²) >= 11 is 0. The minimum absolute atomic E-state index is 0.0653. The second-order valence-corrected chi connectivity index (χ2v) is 17.4. The van der Waals surface area contributed by atoms with Gasteiger partial charge in [0.2, 0.25) is 0 Å². The highest BCUT2D eigenvalue weighted by atomic mass is 28.4. The van der Waals surface area contributed by atoms with Crippen LogP contribution in [0.5, 0.6) is 0 Å². The van der Waals surface area contributed by atoms with Gasteiger partial charge in [0.15, 0.2) is 8.32 Å². The van der Waals surface area contributed by atoms with Crippen LogP contribution in [-0.4, -0.2) is 55.2 Å². The molecular weight excluding hydrogens is 494 g/mol. The maximum absolute atomic E-state index is 13.3. The van der Waals surface area contributed by atoms with Crippen molar-refractivity contribution in [2.75, 3.05) is 13.1 Å². The third kappa shape index (κ3) is 10.6. The predicted octanol–water partition coefficient (Wildman–Crippen LogP) is 7.19. The molecule has 2 rings (SSSR count). The quantitative estimate of drug-likeness (QED) is 0.288. The van der Waals surface area contributed by atoms with Crippen molar-refractivity contribution in [1.82, 2.24) is 4.90 Å². The molecule has 7 heteroatoms. The van der Waals surface area contributed by atoms with E-state index in [1.807, 2.05) is 81.4 Å². The van der Waals surface area contributed by atoms with E-state index in [2.05, 4.69) is 33.9 Å². The highest BCUT2D eigenvalue weighted by molar-refractivity contribution is 6.74. The van der Waals surface area contributed by atoms with Gasteiger partial charge in [-0.3, -0.25) is 4.79 Å². The zero-order chi connectivity index (χ0) is 28.6. The lowest BCUT2D eigenvalue weighted by molar-refractivity contribution is -0.142. The van der Waals surface area contributed by atoms with Gasteiger partial charge < -0.3 is 19.2 Å². The second-order valence-electron chi connectivity index (χ2n) is 12.6. The van der Waals surface area contributed by atoms with Gasteiger partial charge in [0.05, 0.1) is 12.0 Å². The lowest BCUT2D eigenvalue weighted by atomic mass is 9.93. The molecular formula is C31H47NO5Si. The van der Waals surface area contributed by atoms with Crippen LogP contribution >= 0.6 is 0 Å². The van der Waals surface area contributed by atoms with Crippen molar-refractivity contribution in [2.45, 2.75) is 90.6 Å². The number of rotatable bonds is 12. The first-order valence-corrected chi connectivity index (χ1v) is 16.4. The minimum Gasteiger partial charge on any atom is -0.481 e. The van der Waals surface area contributed by atoms with Crippen molar-refractivity contribution >= 4 is 20.4 Å². The van der Waals surface area contributed by atoms with Gasteiger partial charge >= 0.3 is 12.1 Å². The summed E-state index contributed by atoms with van der Waals surface area (Å²) in [5.74, 6) is -1.49. The molecule has 0 aromatic heterocycles. The maximum Gasteiger partial charge on any atom is 0.410 e. The summed E-state index contributed by atoms with van der Waals surface area (Å²) in [7, 11) is -2.27. The van der Waals surface area contributed by atoms with Crippen molar-refractivity contribution in [3.8, 4) is 0 Å². The molecule has 6 nitrogen and oxygen atoms in total. The van der Waals surface area contributed by atoms with E-state index in [-0.39, 0.29) is 11.6 Å². The van der Waals surface area contributed by atoms with Gasteiger partial charge in [-0.2, -0.15) is 0 Å². The van der Waals surface area contributed by atoms with Crippen LogP contribution in [0.15, 0.2) is 60.7 Å². The number of nitrogens with zero attached hydrogens (tertiary/aromatic N) is 1. The summed E-state index contributed by atoms with van der Waals surface area (Å²) in [6.45, 7) is 17.1. The normalized spacial score (nSPS) is 14.0. The molecule has 2 atom stereocenters. The Morgan fingerprint density at radius 2 is 1.42 bits per heavy atom. The number of carbonyl (C=O) groups excluding carboxylic acids is 1. The van der Waals surface area contributed by atoms with Crippen molar-refractivity contribution in [3.63, 3.8) is 0 Å². The van der Waals surface area contributed by atoms with Gasteiger partial charge in [-0.15, -0.1) is 0 Å². The second kappa shape index (κ2) is 13.4. The fourth-order valence-electron chi connectivity index (χ4n) is 3.98. The van der Waals surface area contributed by atoms with Crippen LogP contribution in [0.2, 0.25) is 18.1 Å².